The first-order chi connectivity index (χ1) is 4.88. The SMILES string of the molecule is Cn1nnc2c1C=CCC2. The normalized spacial score (nSPS) is 15.3. The lowest BCUT2D eigenvalue weighted by atomic mass is 10.1. The molecule has 0 aliphatic heterocycles. The molecule has 0 atom stereocenters. The molecule has 0 radical (unpaired) electrons. The number of fused-ring (bicyclic) bond motifs is 1. The highest BCUT2D eigenvalue weighted by molar-refractivity contribution is 5.49. The zero-order valence-electron chi connectivity index (χ0n) is 5.91. The van der Waals surface area contributed by atoms with Gasteiger partial charge in [0, 0.05) is 7.05 Å². The van der Waals surface area contributed by atoms with Gasteiger partial charge in [0.25, 0.3) is 0 Å². The highest BCUT2D eigenvalue weighted by Gasteiger charge is 2.09. The van der Waals surface area contributed by atoms with E-state index in [1.54, 1.807) is 0 Å². The number of nitrogens with zero attached hydrogens (tertiary/aromatic N) is 3. The maximum Gasteiger partial charge on any atom is 0.0903 e. The molecule has 1 aliphatic carbocycles. The van der Waals surface area contributed by atoms with E-state index in [4.69, 9.17) is 0 Å². The molecule has 10 heavy (non-hydrogen) atoms. The Balaban J connectivity index is 2.57. The fourth-order valence-electron chi connectivity index (χ4n) is 1.20. The molecule has 3 nitrogen and oxygen atoms in total. The van der Waals surface area contributed by atoms with E-state index in [1.807, 2.05) is 11.7 Å². The molecule has 1 heterocycles. The van der Waals surface area contributed by atoms with Crippen molar-refractivity contribution in [3.63, 3.8) is 0 Å². The zero-order chi connectivity index (χ0) is 6.97. The molecule has 0 N–H and O–H groups in total. The Morgan fingerprint density at radius 3 is 3.30 bits per heavy atom. The van der Waals surface area contributed by atoms with Crippen LogP contribution in [0.2, 0.25) is 0 Å². The second-order valence-corrected chi connectivity index (χ2v) is 2.49. The van der Waals surface area contributed by atoms with Crippen molar-refractivity contribution in [1.29, 1.82) is 0 Å². The molecule has 0 amide bonds. The zero-order valence-corrected chi connectivity index (χ0v) is 5.91. The van der Waals surface area contributed by atoms with Gasteiger partial charge in [-0.3, -0.25) is 0 Å². The van der Waals surface area contributed by atoms with Crippen LogP contribution in [0.15, 0.2) is 6.08 Å². The Labute approximate surface area is 59.4 Å². The van der Waals surface area contributed by atoms with Gasteiger partial charge in [0.15, 0.2) is 0 Å². The number of hydrogen-bond acceptors (Lipinski definition) is 2. The first-order valence-electron chi connectivity index (χ1n) is 3.43. The molecule has 0 aromatic carbocycles. The third kappa shape index (κ3) is 0.667. The molecule has 52 valence electrons. The summed E-state index contributed by atoms with van der Waals surface area (Å²) in [4.78, 5) is 0. The van der Waals surface area contributed by atoms with Gasteiger partial charge >= 0.3 is 0 Å². The second-order valence-electron chi connectivity index (χ2n) is 2.49. The van der Waals surface area contributed by atoms with Crippen molar-refractivity contribution in [1.82, 2.24) is 15.0 Å². The minimum absolute atomic E-state index is 1.04. The van der Waals surface area contributed by atoms with Crippen LogP contribution in [-0.4, -0.2) is 15.0 Å². The molecular formula is C7H9N3. The fraction of sp³-hybridized carbons (Fsp3) is 0.429. The molecule has 1 aromatic heterocycles. The summed E-state index contributed by atoms with van der Waals surface area (Å²) in [6.07, 6.45) is 6.38. The van der Waals surface area contributed by atoms with E-state index in [0.717, 1.165) is 24.2 Å². The van der Waals surface area contributed by atoms with Crippen molar-refractivity contribution < 1.29 is 0 Å². The Kier molecular flexibility index (Phi) is 1.09. The summed E-state index contributed by atoms with van der Waals surface area (Å²) in [5, 5.41) is 7.93. The van der Waals surface area contributed by atoms with Crippen LogP contribution >= 0.6 is 0 Å². The van der Waals surface area contributed by atoms with E-state index in [0.29, 0.717) is 0 Å². The number of aryl methyl sites for hydroxylation is 2. The summed E-state index contributed by atoms with van der Waals surface area (Å²) in [6, 6.07) is 0. The van der Waals surface area contributed by atoms with E-state index in [-0.39, 0.29) is 0 Å². The molecule has 0 spiro atoms. The largest absolute Gasteiger partial charge is 0.248 e. The molecule has 3 heteroatoms. The first kappa shape index (κ1) is 5.65. The highest BCUT2D eigenvalue weighted by Crippen LogP contribution is 2.14. The maximum atomic E-state index is 4.02. The van der Waals surface area contributed by atoms with Gasteiger partial charge in [0.1, 0.15) is 0 Å². The molecule has 1 aliphatic rings. The summed E-state index contributed by atoms with van der Waals surface area (Å²) in [6.45, 7) is 0. The lowest BCUT2D eigenvalue weighted by Gasteiger charge is -2.01. The molecule has 0 bridgehead atoms. The van der Waals surface area contributed by atoms with Crippen LogP contribution in [0.3, 0.4) is 0 Å². The Morgan fingerprint density at radius 1 is 1.60 bits per heavy atom. The van der Waals surface area contributed by atoms with E-state index in [2.05, 4.69) is 22.5 Å². The van der Waals surface area contributed by atoms with Crippen LogP contribution < -0.4 is 0 Å². The number of rotatable bonds is 0. The summed E-state index contributed by atoms with van der Waals surface area (Å²) in [7, 11) is 1.92. The second kappa shape index (κ2) is 1.94. The minimum atomic E-state index is 1.04. The fourth-order valence-corrected chi connectivity index (χ4v) is 1.20. The van der Waals surface area contributed by atoms with Gasteiger partial charge in [0.05, 0.1) is 11.4 Å². The summed E-state index contributed by atoms with van der Waals surface area (Å²) in [5.41, 5.74) is 2.29. The van der Waals surface area contributed by atoms with Gasteiger partial charge in [0.2, 0.25) is 0 Å². The average Bonchev–Trinajstić information content (AvgIpc) is 2.34. The molecule has 0 unspecified atom stereocenters. The molecule has 1 aromatic rings. The van der Waals surface area contributed by atoms with Crippen molar-refractivity contribution in [2.45, 2.75) is 12.8 Å². The molecule has 2 rings (SSSR count). The van der Waals surface area contributed by atoms with Crippen LogP contribution in [0.1, 0.15) is 17.8 Å². The van der Waals surface area contributed by atoms with Crippen LogP contribution in [0.5, 0.6) is 0 Å². The van der Waals surface area contributed by atoms with Crippen molar-refractivity contribution in [3.05, 3.63) is 17.5 Å². The summed E-state index contributed by atoms with van der Waals surface area (Å²) >= 11 is 0. The quantitative estimate of drug-likeness (QED) is 0.526. The minimum Gasteiger partial charge on any atom is -0.248 e. The van der Waals surface area contributed by atoms with Gasteiger partial charge in [-0.25, -0.2) is 4.68 Å². The van der Waals surface area contributed by atoms with Gasteiger partial charge in [-0.1, -0.05) is 11.3 Å². The van der Waals surface area contributed by atoms with Crippen LogP contribution in [0.4, 0.5) is 0 Å². The molecule has 0 fully saturated rings. The van der Waals surface area contributed by atoms with Crippen molar-refractivity contribution in [2.75, 3.05) is 0 Å². The van der Waals surface area contributed by atoms with Gasteiger partial charge in [-0.2, -0.15) is 0 Å². The highest BCUT2D eigenvalue weighted by atomic mass is 15.4. The first-order valence-corrected chi connectivity index (χ1v) is 3.43. The van der Waals surface area contributed by atoms with E-state index in [1.165, 1.54) is 0 Å². The topological polar surface area (TPSA) is 30.7 Å². The predicted molar refractivity (Wildman–Crippen MR) is 38.4 cm³/mol. The number of aromatic nitrogens is 3. The van der Waals surface area contributed by atoms with Gasteiger partial charge in [-0.15, -0.1) is 5.10 Å². The van der Waals surface area contributed by atoms with Crippen LogP contribution in [-0.2, 0) is 13.5 Å². The van der Waals surface area contributed by atoms with Crippen LogP contribution in [0.25, 0.3) is 6.08 Å². The molecule has 0 saturated carbocycles. The van der Waals surface area contributed by atoms with Crippen molar-refractivity contribution in [2.24, 2.45) is 7.05 Å². The average molecular weight is 135 g/mol. The van der Waals surface area contributed by atoms with E-state index >= 15 is 0 Å². The molecular weight excluding hydrogens is 126 g/mol. The lowest BCUT2D eigenvalue weighted by molar-refractivity contribution is 0.709. The smallest absolute Gasteiger partial charge is 0.0903 e. The van der Waals surface area contributed by atoms with Crippen LogP contribution in [0, 0.1) is 0 Å². The standard InChI is InChI=1S/C7H9N3/c1-10-7-5-3-2-4-6(7)8-9-10/h3,5H,2,4H2,1H3. The van der Waals surface area contributed by atoms with Crippen molar-refractivity contribution in [3.8, 4) is 0 Å². The Morgan fingerprint density at radius 2 is 2.50 bits per heavy atom. The number of allylic oxidation sites excluding steroid dienone is 1. The third-order valence-electron chi connectivity index (χ3n) is 1.77. The monoisotopic (exact) mass is 135 g/mol. The summed E-state index contributed by atoms with van der Waals surface area (Å²) < 4.78 is 1.81. The lowest BCUT2D eigenvalue weighted by Crippen LogP contribution is -1.97. The third-order valence-corrected chi connectivity index (χ3v) is 1.77. The van der Waals surface area contributed by atoms with E-state index in [9.17, 15) is 0 Å². The molecule has 0 saturated heterocycles. The van der Waals surface area contributed by atoms with Gasteiger partial charge < -0.3 is 0 Å². The van der Waals surface area contributed by atoms with E-state index < -0.39 is 0 Å². The Hall–Kier alpha value is -1.12. The van der Waals surface area contributed by atoms with Gasteiger partial charge in [-0.05, 0) is 18.9 Å². The number of hydrogen-bond donors (Lipinski definition) is 0. The van der Waals surface area contributed by atoms with Crippen molar-refractivity contribution >= 4 is 6.08 Å². The Bertz CT molecular complexity index is 272. The maximum absolute atomic E-state index is 4.02. The summed E-state index contributed by atoms with van der Waals surface area (Å²) in [5.74, 6) is 0. The predicted octanol–water partition coefficient (Wildman–Crippen LogP) is 0.774.